The van der Waals surface area contributed by atoms with Crippen molar-refractivity contribution in [2.75, 3.05) is 49.7 Å². The minimum Gasteiger partial charge on any atom is -0.492 e. The van der Waals surface area contributed by atoms with Crippen molar-refractivity contribution in [3.8, 4) is 11.5 Å². The van der Waals surface area contributed by atoms with Crippen LogP contribution in [0.1, 0.15) is 24.3 Å². The lowest BCUT2D eigenvalue weighted by molar-refractivity contribution is 0.102. The predicted octanol–water partition coefficient (Wildman–Crippen LogP) is 4.27. The van der Waals surface area contributed by atoms with Gasteiger partial charge in [-0.2, -0.15) is 0 Å². The largest absolute Gasteiger partial charge is 0.492 e. The molecule has 0 spiro atoms. The summed E-state index contributed by atoms with van der Waals surface area (Å²) in [5.74, 6) is 0.697. The first kappa shape index (κ1) is 21.5. The summed E-state index contributed by atoms with van der Waals surface area (Å²) in [7, 11) is 0. The Labute approximate surface area is 179 Å². The molecule has 1 aromatic carbocycles. The number of rotatable bonds is 7. The third-order valence-corrected chi connectivity index (χ3v) is 4.80. The van der Waals surface area contributed by atoms with Crippen LogP contribution in [0, 0.1) is 0 Å². The van der Waals surface area contributed by atoms with Crippen LogP contribution in [0.3, 0.4) is 0 Å². The summed E-state index contributed by atoms with van der Waals surface area (Å²) in [6.07, 6.45) is 0. The van der Waals surface area contributed by atoms with Crippen molar-refractivity contribution in [3.63, 3.8) is 0 Å². The lowest BCUT2D eigenvalue weighted by atomic mass is 10.2. The number of pyridine rings is 1. The van der Waals surface area contributed by atoms with Crippen LogP contribution in [-0.4, -0.2) is 50.4 Å². The molecular formula is C20H23Cl2N3O4. The molecule has 1 fully saturated rings. The summed E-state index contributed by atoms with van der Waals surface area (Å²) in [5, 5.41) is 3.21. The lowest BCUT2D eigenvalue weighted by Gasteiger charge is -2.31. The number of aromatic nitrogens is 1. The third kappa shape index (κ3) is 5.23. The smallest absolute Gasteiger partial charge is 0.275 e. The number of morpholine rings is 1. The number of amides is 1. The van der Waals surface area contributed by atoms with Gasteiger partial charge in [-0.05, 0) is 26.0 Å². The van der Waals surface area contributed by atoms with E-state index in [-0.39, 0.29) is 15.9 Å². The van der Waals surface area contributed by atoms with Crippen molar-refractivity contribution >= 4 is 40.5 Å². The Morgan fingerprint density at radius 2 is 1.83 bits per heavy atom. The van der Waals surface area contributed by atoms with E-state index in [4.69, 9.17) is 37.4 Å². The zero-order valence-electron chi connectivity index (χ0n) is 16.3. The highest BCUT2D eigenvalue weighted by Gasteiger charge is 2.22. The number of nitrogens with one attached hydrogen (secondary N) is 1. The zero-order chi connectivity index (χ0) is 20.8. The Hall–Kier alpha value is -2.22. The van der Waals surface area contributed by atoms with Crippen LogP contribution in [0.5, 0.6) is 11.5 Å². The Morgan fingerprint density at radius 1 is 1.14 bits per heavy atom. The maximum absolute atomic E-state index is 12.8. The molecule has 2 heterocycles. The molecule has 9 heteroatoms. The van der Waals surface area contributed by atoms with Crippen LogP contribution in [0.4, 0.5) is 11.4 Å². The molecule has 1 aliphatic heterocycles. The molecule has 1 N–H and O–H groups in total. The lowest BCUT2D eigenvalue weighted by Crippen LogP contribution is -2.36. The number of carbonyl (C=O) groups excluding carboxylic acids is 1. The summed E-state index contributed by atoms with van der Waals surface area (Å²) in [6, 6.07) is 6.69. The molecule has 156 valence electrons. The van der Waals surface area contributed by atoms with Gasteiger partial charge in [-0.1, -0.05) is 23.2 Å². The SMILES string of the molecule is CCOc1cc(N2CCOCC2)c(OCC)cc1NC(=O)c1nc(Cl)ccc1Cl. The van der Waals surface area contributed by atoms with Crippen LogP contribution in [0.25, 0.3) is 0 Å². The van der Waals surface area contributed by atoms with E-state index in [9.17, 15) is 4.79 Å². The molecular weight excluding hydrogens is 417 g/mol. The summed E-state index contributed by atoms with van der Waals surface area (Å²) >= 11 is 12.0. The van der Waals surface area contributed by atoms with Crippen LogP contribution in [-0.2, 0) is 4.74 Å². The number of halogens is 2. The Morgan fingerprint density at radius 3 is 2.52 bits per heavy atom. The first-order valence-corrected chi connectivity index (χ1v) is 10.2. The molecule has 0 atom stereocenters. The second-order valence-electron chi connectivity index (χ2n) is 6.20. The van der Waals surface area contributed by atoms with E-state index in [0.717, 1.165) is 18.8 Å². The number of hydrogen-bond donors (Lipinski definition) is 1. The monoisotopic (exact) mass is 439 g/mol. The van der Waals surface area contributed by atoms with Crippen molar-refractivity contribution < 1.29 is 19.0 Å². The topological polar surface area (TPSA) is 72.9 Å². The van der Waals surface area contributed by atoms with Gasteiger partial charge in [-0.25, -0.2) is 4.98 Å². The zero-order valence-corrected chi connectivity index (χ0v) is 17.8. The third-order valence-electron chi connectivity index (χ3n) is 4.29. The van der Waals surface area contributed by atoms with E-state index in [0.29, 0.717) is 43.6 Å². The van der Waals surface area contributed by atoms with Crippen molar-refractivity contribution in [3.05, 3.63) is 40.1 Å². The fourth-order valence-electron chi connectivity index (χ4n) is 3.00. The number of nitrogens with zero attached hydrogens (tertiary/aromatic N) is 2. The van der Waals surface area contributed by atoms with Gasteiger partial charge in [0.15, 0.2) is 0 Å². The Bertz CT molecular complexity index is 873. The van der Waals surface area contributed by atoms with E-state index >= 15 is 0 Å². The first-order valence-electron chi connectivity index (χ1n) is 9.43. The standard InChI is InChI=1S/C20H23Cl2N3O4/c1-3-28-16-12-15(25-7-9-27-10-8-25)17(29-4-2)11-14(16)23-20(26)19-13(21)5-6-18(22)24-19/h5-6,11-12H,3-4,7-10H2,1-2H3,(H,23,26). The molecule has 1 amide bonds. The molecule has 1 saturated heterocycles. The van der Waals surface area contributed by atoms with Crippen LogP contribution < -0.4 is 19.7 Å². The molecule has 0 unspecified atom stereocenters. The van der Waals surface area contributed by atoms with Gasteiger partial charge in [-0.15, -0.1) is 0 Å². The van der Waals surface area contributed by atoms with Gasteiger partial charge < -0.3 is 24.4 Å². The number of hydrogen-bond acceptors (Lipinski definition) is 6. The van der Waals surface area contributed by atoms with Crippen LogP contribution in [0.15, 0.2) is 24.3 Å². The predicted molar refractivity (Wildman–Crippen MR) is 114 cm³/mol. The second kappa shape index (κ2) is 10.0. The average molecular weight is 440 g/mol. The molecule has 3 rings (SSSR count). The molecule has 2 aromatic rings. The molecule has 0 bridgehead atoms. The fraction of sp³-hybridized carbons (Fsp3) is 0.400. The van der Waals surface area contributed by atoms with Gasteiger partial charge in [0.2, 0.25) is 0 Å². The van der Waals surface area contributed by atoms with Gasteiger partial charge >= 0.3 is 0 Å². The number of anilines is 2. The minimum absolute atomic E-state index is 0.0387. The quantitative estimate of drug-likeness (QED) is 0.649. The van der Waals surface area contributed by atoms with Gasteiger partial charge in [0.05, 0.1) is 42.8 Å². The van der Waals surface area contributed by atoms with E-state index in [1.807, 2.05) is 19.9 Å². The highest BCUT2D eigenvalue weighted by Crippen LogP contribution is 2.39. The average Bonchev–Trinajstić information content (AvgIpc) is 2.72. The number of benzene rings is 1. The molecule has 7 nitrogen and oxygen atoms in total. The van der Waals surface area contributed by atoms with Crippen LogP contribution in [0.2, 0.25) is 10.2 Å². The molecule has 0 saturated carbocycles. The van der Waals surface area contributed by atoms with Crippen molar-refractivity contribution in [2.24, 2.45) is 0 Å². The van der Waals surface area contributed by atoms with Crippen molar-refractivity contribution in [1.29, 1.82) is 0 Å². The summed E-state index contributed by atoms with van der Waals surface area (Å²) in [4.78, 5) is 19.0. The van der Waals surface area contributed by atoms with Crippen molar-refractivity contribution in [2.45, 2.75) is 13.8 Å². The maximum Gasteiger partial charge on any atom is 0.275 e. The molecule has 0 aliphatic carbocycles. The van der Waals surface area contributed by atoms with Gasteiger partial charge in [0.25, 0.3) is 5.91 Å². The highest BCUT2D eigenvalue weighted by atomic mass is 35.5. The summed E-state index contributed by atoms with van der Waals surface area (Å²) in [6.45, 7) is 7.51. The van der Waals surface area contributed by atoms with Crippen LogP contribution >= 0.6 is 23.2 Å². The van der Waals surface area contributed by atoms with E-state index < -0.39 is 5.91 Å². The van der Waals surface area contributed by atoms with E-state index in [1.165, 1.54) is 12.1 Å². The van der Waals surface area contributed by atoms with E-state index in [2.05, 4.69) is 15.2 Å². The first-order chi connectivity index (χ1) is 14.0. The molecule has 29 heavy (non-hydrogen) atoms. The summed E-state index contributed by atoms with van der Waals surface area (Å²) in [5.41, 5.74) is 1.41. The minimum atomic E-state index is -0.486. The van der Waals surface area contributed by atoms with Gasteiger partial charge in [0, 0.05) is 25.2 Å². The van der Waals surface area contributed by atoms with Gasteiger partial charge in [0.1, 0.15) is 22.3 Å². The normalized spacial score (nSPS) is 13.9. The summed E-state index contributed by atoms with van der Waals surface area (Å²) < 4.78 is 17.1. The fourth-order valence-corrected chi connectivity index (χ4v) is 3.34. The maximum atomic E-state index is 12.8. The number of carbonyl (C=O) groups is 1. The van der Waals surface area contributed by atoms with Crippen molar-refractivity contribution in [1.82, 2.24) is 4.98 Å². The molecule has 1 aliphatic rings. The molecule has 1 aromatic heterocycles. The Balaban J connectivity index is 1.96. The van der Waals surface area contributed by atoms with E-state index in [1.54, 1.807) is 6.07 Å². The highest BCUT2D eigenvalue weighted by molar-refractivity contribution is 6.35. The Kier molecular flexibility index (Phi) is 7.41. The van der Waals surface area contributed by atoms with Gasteiger partial charge in [-0.3, -0.25) is 4.79 Å². The second-order valence-corrected chi connectivity index (χ2v) is 6.99. The number of ether oxygens (including phenoxy) is 3. The molecule has 0 radical (unpaired) electrons.